The normalized spacial score (nSPS) is 14.7. The Morgan fingerprint density at radius 3 is 2.58 bits per heavy atom. The highest BCUT2D eigenvalue weighted by atomic mass is 32.2. The van der Waals surface area contributed by atoms with E-state index in [1.165, 1.54) is 19.2 Å². The van der Waals surface area contributed by atoms with E-state index >= 15 is 0 Å². The van der Waals surface area contributed by atoms with Crippen molar-refractivity contribution in [2.24, 2.45) is 0 Å². The topological polar surface area (TPSA) is 61.8 Å². The van der Waals surface area contributed by atoms with Gasteiger partial charge in [0, 0.05) is 12.0 Å². The summed E-state index contributed by atoms with van der Waals surface area (Å²) in [6, 6.07) is 2.76. The number of ether oxygens (including phenoxy) is 2. The van der Waals surface area contributed by atoms with Crippen LogP contribution in [0, 0.1) is 0 Å². The molecule has 1 aromatic rings. The summed E-state index contributed by atoms with van der Waals surface area (Å²) in [7, 11) is -4.54. The maximum Gasteiger partial charge on any atom is 0.534 e. The summed E-state index contributed by atoms with van der Waals surface area (Å²) in [6.45, 7) is 0.241. The third-order valence-corrected chi connectivity index (χ3v) is 3.44. The van der Waals surface area contributed by atoms with Crippen LogP contribution in [0.3, 0.4) is 0 Å². The van der Waals surface area contributed by atoms with E-state index in [0.717, 1.165) is 0 Å². The summed E-state index contributed by atoms with van der Waals surface area (Å²) >= 11 is 0. The first kappa shape index (κ1) is 13.8. The van der Waals surface area contributed by atoms with Gasteiger partial charge in [-0.3, -0.25) is 0 Å². The van der Waals surface area contributed by atoms with Crippen LogP contribution in [-0.4, -0.2) is 27.6 Å². The standard InChI is InChI=1S/C10H9F3O5S/c1-16-8-3-2-7-6(4-5-17-7)9(8)18-19(14,15)10(11,12)13/h2-3H,4-5H2,1H3. The second kappa shape index (κ2) is 4.48. The maximum absolute atomic E-state index is 12.3. The molecule has 106 valence electrons. The lowest BCUT2D eigenvalue weighted by Gasteiger charge is -2.14. The molecule has 0 spiro atoms. The predicted molar refractivity (Wildman–Crippen MR) is 57.8 cm³/mol. The number of hydrogen-bond donors (Lipinski definition) is 0. The minimum absolute atomic E-state index is 0.0999. The molecule has 0 aromatic heterocycles. The maximum atomic E-state index is 12.3. The summed E-state index contributed by atoms with van der Waals surface area (Å²) < 4.78 is 73.2. The Balaban J connectivity index is 2.49. The van der Waals surface area contributed by atoms with Crippen molar-refractivity contribution in [2.45, 2.75) is 11.9 Å². The smallest absolute Gasteiger partial charge is 0.493 e. The van der Waals surface area contributed by atoms with Crippen molar-refractivity contribution >= 4 is 10.1 Å². The van der Waals surface area contributed by atoms with E-state index in [-0.39, 0.29) is 30.1 Å². The summed E-state index contributed by atoms with van der Waals surface area (Å²) in [4.78, 5) is 0. The molecule has 1 aliphatic rings. The first-order valence-corrected chi connectivity index (χ1v) is 6.50. The highest BCUT2D eigenvalue weighted by molar-refractivity contribution is 7.88. The lowest BCUT2D eigenvalue weighted by molar-refractivity contribution is -0.0500. The third kappa shape index (κ3) is 2.42. The Hall–Kier alpha value is -1.64. The number of benzene rings is 1. The molecule has 0 fully saturated rings. The molecule has 2 rings (SSSR count). The highest BCUT2D eigenvalue weighted by Gasteiger charge is 2.49. The number of methoxy groups -OCH3 is 1. The van der Waals surface area contributed by atoms with Gasteiger partial charge in [-0.1, -0.05) is 0 Å². The fraction of sp³-hybridized carbons (Fsp3) is 0.400. The molecule has 1 aliphatic heterocycles. The first-order chi connectivity index (χ1) is 8.76. The van der Waals surface area contributed by atoms with E-state index in [0.29, 0.717) is 0 Å². The van der Waals surface area contributed by atoms with Crippen LogP contribution < -0.4 is 13.7 Å². The van der Waals surface area contributed by atoms with Gasteiger partial charge in [0.05, 0.1) is 13.7 Å². The Kier molecular flexibility index (Phi) is 3.25. The van der Waals surface area contributed by atoms with Gasteiger partial charge >= 0.3 is 15.6 Å². The quantitative estimate of drug-likeness (QED) is 0.629. The van der Waals surface area contributed by atoms with Crippen LogP contribution in [0.4, 0.5) is 13.2 Å². The monoisotopic (exact) mass is 298 g/mol. The van der Waals surface area contributed by atoms with E-state index < -0.39 is 21.4 Å². The van der Waals surface area contributed by atoms with E-state index in [1.807, 2.05) is 0 Å². The Bertz CT molecular complexity index is 594. The minimum atomic E-state index is -5.74. The zero-order chi connectivity index (χ0) is 14.3. The van der Waals surface area contributed by atoms with Gasteiger partial charge in [0.2, 0.25) is 0 Å². The first-order valence-electron chi connectivity index (χ1n) is 5.09. The molecule has 1 aromatic carbocycles. The lowest BCUT2D eigenvalue weighted by Crippen LogP contribution is -2.28. The fourth-order valence-corrected chi connectivity index (χ4v) is 2.13. The molecule has 0 aliphatic carbocycles. The average molecular weight is 298 g/mol. The zero-order valence-corrected chi connectivity index (χ0v) is 10.5. The van der Waals surface area contributed by atoms with Crippen molar-refractivity contribution in [2.75, 3.05) is 13.7 Å². The molecule has 0 atom stereocenters. The Morgan fingerprint density at radius 2 is 2.00 bits per heavy atom. The van der Waals surface area contributed by atoms with Crippen molar-refractivity contribution in [1.29, 1.82) is 0 Å². The molecular formula is C10H9F3O5S. The van der Waals surface area contributed by atoms with Crippen LogP contribution in [0.5, 0.6) is 17.2 Å². The van der Waals surface area contributed by atoms with Crippen molar-refractivity contribution in [3.63, 3.8) is 0 Å². The molecular weight excluding hydrogens is 289 g/mol. The van der Waals surface area contributed by atoms with Gasteiger partial charge in [-0.25, -0.2) is 0 Å². The van der Waals surface area contributed by atoms with Crippen molar-refractivity contribution < 1.29 is 35.2 Å². The average Bonchev–Trinajstić information content (AvgIpc) is 2.76. The van der Waals surface area contributed by atoms with E-state index in [2.05, 4.69) is 4.18 Å². The number of halogens is 3. The largest absolute Gasteiger partial charge is 0.534 e. The molecule has 1 heterocycles. The third-order valence-electron chi connectivity index (χ3n) is 2.49. The minimum Gasteiger partial charge on any atom is -0.493 e. The van der Waals surface area contributed by atoms with Crippen molar-refractivity contribution in [3.05, 3.63) is 17.7 Å². The second-order valence-electron chi connectivity index (χ2n) is 3.66. The molecule has 0 radical (unpaired) electrons. The number of alkyl halides is 3. The summed E-state index contributed by atoms with van der Waals surface area (Å²) in [5.41, 5.74) is -5.26. The van der Waals surface area contributed by atoms with Crippen LogP contribution in [0.2, 0.25) is 0 Å². The number of rotatable bonds is 3. The van der Waals surface area contributed by atoms with Crippen molar-refractivity contribution in [3.8, 4) is 17.2 Å². The van der Waals surface area contributed by atoms with Gasteiger partial charge in [-0.15, -0.1) is 0 Å². The Labute approximate surface area is 107 Å². The second-order valence-corrected chi connectivity index (χ2v) is 5.19. The van der Waals surface area contributed by atoms with Crippen molar-refractivity contribution in [1.82, 2.24) is 0 Å². The van der Waals surface area contributed by atoms with Crippen LogP contribution in [0.15, 0.2) is 12.1 Å². The van der Waals surface area contributed by atoms with E-state index in [4.69, 9.17) is 9.47 Å². The van der Waals surface area contributed by atoms with E-state index in [9.17, 15) is 21.6 Å². The zero-order valence-electron chi connectivity index (χ0n) is 9.65. The van der Waals surface area contributed by atoms with Crippen LogP contribution in [0.1, 0.15) is 5.56 Å². The molecule has 19 heavy (non-hydrogen) atoms. The number of fused-ring (bicyclic) bond motifs is 1. The van der Waals surface area contributed by atoms with Gasteiger partial charge < -0.3 is 13.7 Å². The van der Waals surface area contributed by atoms with Crippen LogP contribution in [-0.2, 0) is 16.5 Å². The SMILES string of the molecule is COc1ccc2c(c1OS(=O)(=O)C(F)(F)F)CCO2. The van der Waals surface area contributed by atoms with Gasteiger partial charge in [-0.2, -0.15) is 21.6 Å². The molecule has 0 saturated heterocycles. The van der Waals surface area contributed by atoms with Crippen LogP contribution in [0.25, 0.3) is 0 Å². The molecule has 0 saturated carbocycles. The van der Waals surface area contributed by atoms with Gasteiger partial charge in [-0.05, 0) is 12.1 Å². The predicted octanol–water partition coefficient (Wildman–Crippen LogP) is 1.86. The summed E-state index contributed by atoms with van der Waals surface area (Å²) in [5.74, 6) is -0.292. The molecule has 0 bridgehead atoms. The van der Waals surface area contributed by atoms with Gasteiger partial charge in [0.1, 0.15) is 5.75 Å². The van der Waals surface area contributed by atoms with Gasteiger partial charge in [0.15, 0.2) is 11.5 Å². The molecule has 0 amide bonds. The van der Waals surface area contributed by atoms with Gasteiger partial charge in [0.25, 0.3) is 0 Å². The molecule has 0 unspecified atom stereocenters. The molecule has 0 N–H and O–H groups in total. The van der Waals surface area contributed by atoms with Crippen LogP contribution >= 0.6 is 0 Å². The summed E-state index contributed by atoms with van der Waals surface area (Å²) in [5, 5.41) is 0. The van der Waals surface area contributed by atoms with E-state index in [1.54, 1.807) is 0 Å². The Morgan fingerprint density at radius 1 is 1.32 bits per heavy atom. The number of hydrogen-bond acceptors (Lipinski definition) is 5. The molecule has 9 heteroatoms. The molecule has 5 nitrogen and oxygen atoms in total. The fourth-order valence-electron chi connectivity index (χ4n) is 1.63. The lowest BCUT2D eigenvalue weighted by atomic mass is 10.1. The highest BCUT2D eigenvalue weighted by Crippen LogP contribution is 2.42. The summed E-state index contributed by atoms with van der Waals surface area (Å²) in [6.07, 6.45) is 0.245.